The molecule has 35 heavy (non-hydrogen) atoms. The molecule has 1 saturated heterocycles. The number of nitrogens with zero attached hydrogens (tertiary/aromatic N) is 4. The average Bonchev–Trinajstić information content (AvgIpc) is 2.80. The summed E-state index contributed by atoms with van der Waals surface area (Å²) < 4.78 is 11.1. The minimum atomic E-state index is -0.520. The number of ether oxygens (including phenoxy) is 2. The normalized spacial score (nSPS) is 14.2. The van der Waals surface area contributed by atoms with Crippen LogP contribution >= 0.6 is 11.6 Å². The number of methoxy groups -OCH3 is 1. The Bertz CT molecular complexity index is 1310. The summed E-state index contributed by atoms with van der Waals surface area (Å²) in [5.41, 5.74) is 1.34. The molecule has 0 bridgehead atoms. The quantitative estimate of drug-likeness (QED) is 0.515. The number of hydrogen-bond donors (Lipinski definition) is 2. The second-order valence-electron chi connectivity index (χ2n) is 9.32. The number of aromatic amines is 1. The zero-order chi connectivity index (χ0) is 25.3. The maximum absolute atomic E-state index is 12.5. The molecule has 2 N–H and O–H groups in total. The van der Waals surface area contributed by atoms with E-state index in [9.17, 15) is 9.59 Å². The van der Waals surface area contributed by atoms with Crippen molar-refractivity contribution in [3.63, 3.8) is 0 Å². The molecule has 1 aliphatic rings. The third-order valence-corrected chi connectivity index (χ3v) is 5.86. The predicted molar refractivity (Wildman–Crippen MR) is 136 cm³/mol. The summed E-state index contributed by atoms with van der Waals surface area (Å²) in [6.45, 7) is 9.82. The number of pyridine rings is 1. The highest BCUT2D eigenvalue weighted by molar-refractivity contribution is 6.30. The number of halogens is 1. The van der Waals surface area contributed by atoms with E-state index >= 15 is 0 Å². The smallest absolute Gasteiger partial charge is 0.410 e. The Hall–Kier alpha value is -3.53. The molecule has 0 aliphatic carbocycles. The van der Waals surface area contributed by atoms with E-state index < -0.39 is 5.60 Å². The number of carbonyl (C=O) groups is 1. The second kappa shape index (κ2) is 9.61. The van der Waals surface area contributed by atoms with Crippen molar-refractivity contribution in [3.8, 4) is 5.75 Å². The number of aryl methyl sites for hydroxylation is 1. The highest BCUT2D eigenvalue weighted by Gasteiger charge is 2.26. The van der Waals surface area contributed by atoms with E-state index in [0.717, 1.165) is 5.69 Å². The summed E-state index contributed by atoms with van der Waals surface area (Å²) in [7, 11) is 1.58. The van der Waals surface area contributed by atoms with Crippen LogP contribution in [0.3, 0.4) is 0 Å². The lowest BCUT2D eigenvalue weighted by molar-refractivity contribution is 0.0240. The lowest BCUT2D eigenvalue weighted by Gasteiger charge is -2.37. The van der Waals surface area contributed by atoms with Gasteiger partial charge in [-0.05, 0) is 45.9 Å². The lowest BCUT2D eigenvalue weighted by Crippen LogP contribution is -2.50. The van der Waals surface area contributed by atoms with Crippen LogP contribution in [0.15, 0.2) is 29.1 Å². The van der Waals surface area contributed by atoms with E-state index in [1.807, 2.05) is 39.0 Å². The van der Waals surface area contributed by atoms with Crippen molar-refractivity contribution in [2.75, 3.05) is 43.5 Å². The molecule has 1 aliphatic heterocycles. The van der Waals surface area contributed by atoms with Gasteiger partial charge in [0.15, 0.2) is 0 Å². The Morgan fingerprint density at radius 3 is 2.54 bits per heavy atom. The number of amides is 1. The van der Waals surface area contributed by atoms with Crippen LogP contribution in [0.1, 0.15) is 26.5 Å². The monoisotopic (exact) mass is 500 g/mol. The number of carbonyl (C=O) groups excluding carboxylic acids is 1. The van der Waals surface area contributed by atoms with Crippen LogP contribution < -0.4 is 20.5 Å². The molecular weight excluding hydrogens is 472 g/mol. The fraction of sp³-hybridized carbons (Fsp3) is 0.417. The summed E-state index contributed by atoms with van der Waals surface area (Å²) in [4.78, 5) is 33.1. The van der Waals surface area contributed by atoms with Crippen LogP contribution in [0.2, 0.25) is 5.15 Å². The molecule has 11 heteroatoms. The van der Waals surface area contributed by atoms with Crippen molar-refractivity contribution >= 4 is 45.7 Å². The first-order valence-electron chi connectivity index (χ1n) is 11.3. The third kappa shape index (κ3) is 5.43. The number of rotatable bonds is 4. The first-order chi connectivity index (χ1) is 16.6. The number of nitrogens with one attached hydrogen (secondary N) is 2. The van der Waals surface area contributed by atoms with Gasteiger partial charge in [-0.1, -0.05) is 11.6 Å². The molecule has 10 nitrogen and oxygen atoms in total. The summed E-state index contributed by atoms with van der Waals surface area (Å²) in [5, 5.41) is 10.9. The standard InChI is InChI=1S/C24H29ClN6O4/c1-14-16-13-19(25)27-21(20(16)22(32)29-28-14)26-17-7-6-15(12-18(17)34-5)30-8-10-31(11-9-30)23(33)35-24(2,3)4/h6-7,12-13H,8-11H2,1-5H3,(H,26,27)(H,29,32). The molecule has 1 aromatic carbocycles. The Morgan fingerprint density at radius 1 is 1.17 bits per heavy atom. The number of fused-ring (bicyclic) bond motifs is 1. The minimum absolute atomic E-state index is 0.244. The van der Waals surface area contributed by atoms with Crippen molar-refractivity contribution in [2.45, 2.75) is 33.3 Å². The zero-order valence-corrected chi connectivity index (χ0v) is 21.2. The molecule has 1 fully saturated rings. The average molecular weight is 501 g/mol. The zero-order valence-electron chi connectivity index (χ0n) is 20.4. The van der Waals surface area contributed by atoms with E-state index in [0.29, 0.717) is 59.9 Å². The summed E-state index contributed by atoms with van der Waals surface area (Å²) in [6.07, 6.45) is -0.295. The number of hydrogen-bond acceptors (Lipinski definition) is 8. The van der Waals surface area contributed by atoms with Crippen LogP contribution in [0, 0.1) is 6.92 Å². The van der Waals surface area contributed by atoms with Crippen LogP contribution in [0.25, 0.3) is 10.8 Å². The van der Waals surface area contributed by atoms with Crippen LogP contribution in [0.5, 0.6) is 5.75 Å². The molecule has 0 radical (unpaired) electrons. The molecule has 1 amide bonds. The van der Waals surface area contributed by atoms with Crippen molar-refractivity contribution in [1.29, 1.82) is 0 Å². The van der Waals surface area contributed by atoms with Crippen molar-refractivity contribution in [1.82, 2.24) is 20.1 Å². The second-order valence-corrected chi connectivity index (χ2v) is 9.71. The fourth-order valence-corrected chi connectivity index (χ4v) is 4.14. The molecule has 186 valence electrons. The molecule has 0 saturated carbocycles. The van der Waals surface area contributed by atoms with E-state index in [1.165, 1.54) is 0 Å². The fourth-order valence-electron chi connectivity index (χ4n) is 3.95. The number of aromatic nitrogens is 3. The molecule has 0 unspecified atom stereocenters. The highest BCUT2D eigenvalue weighted by atomic mass is 35.5. The molecule has 3 heterocycles. The Kier molecular flexibility index (Phi) is 6.75. The van der Waals surface area contributed by atoms with Crippen LogP contribution in [-0.2, 0) is 4.74 Å². The van der Waals surface area contributed by atoms with Gasteiger partial charge in [0.05, 0.1) is 23.9 Å². The number of piperazine rings is 1. The van der Waals surface area contributed by atoms with Gasteiger partial charge in [0.1, 0.15) is 22.3 Å². The van der Waals surface area contributed by atoms with Crippen LogP contribution in [0.4, 0.5) is 22.0 Å². The molecule has 4 rings (SSSR count). The third-order valence-electron chi connectivity index (χ3n) is 5.66. The van der Waals surface area contributed by atoms with Crippen molar-refractivity contribution in [3.05, 3.63) is 45.5 Å². The Labute approximate surface area is 208 Å². The van der Waals surface area contributed by atoms with E-state index in [4.69, 9.17) is 21.1 Å². The maximum atomic E-state index is 12.5. The molecular formula is C24H29ClN6O4. The topological polar surface area (TPSA) is 113 Å². The van der Waals surface area contributed by atoms with Crippen molar-refractivity contribution in [2.24, 2.45) is 0 Å². The van der Waals surface area contributed by atoms with Gasteiger partial charge in [-0.25, -0.2) is 14.9 Å². The summed E-state index contributed by atoms with van der Waals surface area (Å²) in [5.74, 6) is 0.894. The minimum Gasteiger partial charge on any atom is -0.494 e. The Balaban J connectivity index is 1.54. The van der Waals surface area contributed by atoms with Gasteiger partial charge in [-0.15, -0.1) is 0 Å². The molecule has 2 aromatic heterocycles. The van der Waals surface area contributed by atoms with E-state index in [-0.39, 0.29) is 16.8 Å². The van der Waals surface area contributed by atoms with Gasteiger partial charge < -0.3 is 24.6 Å². The SMILES string of the molecule is COc1cc(N2CCN(C(=O)OC(C)(C)C)CC2)ccc1Nc1nc(Cl)cc2c(C)n[nH]c(=O)c12. The van der Waals surface area contributed by atoms with Gasteiger partial charge in [0, 0.05) is 43.3 Å². The first kappa shape index (κ1) is 24.6. The highest BCUT2D eigenvalue weighted by Crippen LogP contribution is 2.34. The summed E-state index contributed by atoms with van der Waals surface area (Å²) in [6, 6.07) is 7.36. The Morgan fingerprint density at radius 2 is 1.89 bits per heavy atom. The van der Waals surface area contributed by atoms with Crippen LogP contribution in [-0.4, -0.2) is 65.1 Å². The number of benzene rings is 1. The van der Waals surface area contributed by atoms with Gasteiger partial charge in [0.2, 0.25) is 0 Å². The number of H-pyrrole nitrogens is 1. The van der Waals surface area contributed by atoms with Gasteiger partial charge in [-0.3, -0.25) is 4.79 Å². The largest absolute Gasteiger partial charge is 0.494 e. The van der Waals surface area contributed by atoms with Crippen molar-refractivity contribution < 1.29 is 14.3 Å². The van der Waals surface area contributed by atoms with E-state index in [2.05, 4.69) is 25.4 Å². The van der Waals surface area contributed by atoms with Gasteiger partial charge in [-0.2, -0.15) is 5.10 Å². The number of anilines is 3. The lowest BCUT2D eigenvalue weighted by atomic mass is 10.1. The van der Waals surface area contributed by atoms with E-state index in [1.54, 1.807) is 25.0 Å². The molecule has 3 aromatic rings. The van der Waals surface area contributed by atoms with Gasteiger partial charge in [0.25, 0.3) is 5.56 Å². The molecule has 0 atom stereocenters. The summed E-state index contributed by atoms with van der Waals surface area (Å²) >= 11 is 6.22. The first-order valence-corrected chi connectivity index (χ1v) is 11.7. The van der Waals surface area contributed by atoms with Gasteiger partial charge >= 0.3 is 6.09 Å². The molecule has 0 spiro atoms. The predicted octanol–water partition coefficient (Wildman–Crippen LogP) is 4.09. The maximum Gasteiger partial charge on any atom is 0.410 e.